The van der Waals surface area contributed by atoms with E-state index >= 15 is 0 Å². The highest BCUT2D eigenvalue weighted by Gasteiger charge is 2.42. The van der Waals surface area contributed by atoms with Gasteiger partial charge in [0.15, 0.2) is 0 Å². The lowest BCUT2D eigenvalue weighted by Crippen LogP contribution is -2.51. The topological polar surface area (TPSA) is 71.5 Å². The fourth-order valence-corrected chi connectivity index (χ4v) is 4.61. The van der Waals surface area contributed by atoms with Crippen LogP contribution < -0.4 is 5.32 Å². The largest absolute Gasteiger partial charge is 0.375 e. The number of nitrogens with zero attached hydrogens (tertiary/aromatic N) is 2. The van der Waals surface area contributed by atoms with Crippen LogP contribution in [0.2, 0.25) is 0 Å². The van der Waals surface area contributed by atoms with E-state index in [0.29, 0.717) is 19.0 Å². The summed E-state index contributed by atoms with van der Waals surface area (Å²) in [6, 6.07) is 3.27. The van der Waals surface area contributed by atoms with Crippen LogP contribution in [0.3, 0.4) is 0 Å². The monoisotopic (exact) mass is 297 g/mol. The maximum atomic E-state index is 12.7. The second-order valence-corrected chi connectivity index (χ2v) is 7.04. The van der Waals surface area contributed by atoms with Crippen molar-refractivity contribution in [3.8, 4) is 0 Å². The van der Waals surface area contributed by atoms with Crippen molar-refractivity contribution < 1.29 is 13.2 Å². The van der Waals surface area contributed by atoms with E-state index in [-0.39, 0.29) is 17.0 Å². The molecule has 0 aromatic carbocycles. The van der Waals surface area contributed by atoms with Crippen molar-refractivity contribution in [1.29, 1.82) is 0 Å². The van der Waals surface area contributed by atoms with Crippen molar-refractivity contribution in [1.82, 2.24) is 9.29 Å². The number of pyridine rings is 1. The molecular weight excluding hydrogens is 278 g/mol. The predicted octanol–water partition coefficient (Wildman–Crippen LogP) is 1.07. The van der Waals surface area contributed by atoms with Gasteiger partial charge in [-0.3, -0.25) is 0 Å². The molecule has 2 fully saturated rings. The first kappa shape index (κ1) is 13.8. The van der Waals surface area contributed by atoms with Crippen LogP contribution in [0.25, 0.3) is 0 Å². The molecule has 2 atom stereocenters. The van der Waals surface area contributed by atoms with Crippen molar-refractivity contribution in [3.05, 3.63) is 18.3 Å². The highest BCUT2D eigenvalue weighted by Crippen LogP contribution is 2.33. The third-order valence-electron chi connectivity index (χ3n) is 4.03. The zero-order chi connectivity index (χ0) is 14.2. The van der Waals surface area contributed by atoms with Gasteiger partial charge in [0.1, 0.15) is 10.7 Å². The van der Waals surface area contributed by atoms with E-state index in [0.717, 1.165) is 19.3 Å². The van der Waals surface area contributed by atoms with Gasteiger partial charge in [0, 0.05) is 19.8 Å². The molecule has 3 rings (SSSR count). The zero-order valence-electron chi connectivity index (χ0n) is 11.4. The molecule has 1 N–H and O–H groups in total. The summed E-state index contributed by atoms with van der Waals surface area (Å²) in [5.41, 5.74) is 0. The van der Waals surface area contributed by atoms with E-state index in [9.17, 15) is 8.42 Å². The van der Waals surface area contributed by atoms with Crippen LogP contribution in [0.1, 0.15) is 19.3 Å². The Labute approximate surface area is 119 Å². The lowest BCUT2D eigenvalue weighted by molar-refractivity contribution is -0.0241. The average Bonchev–Trinajstić information content (AvgIpc) is 2.95. The van der Waals surface area contributed by atoms with Crippen molar-refractivity contribution in [2.45, 2.75) is 36.3 Å². The molecule has 2 unspecified atom stereocenters. The summed E-state index contributed by atoms with van der Waals surface area (Å²) in [6.45, 7) is 0.902. The third kappa shape index (κ3) is 2.30. The molecule has 1 saturated heterocycles. The van der Waals surface area contributed by atoms with Gasteiger partial charge in [-0.25, -0.2) is 13.4 Å². The van der Waals surface area contributed by atoms with Gasteiger partial charge in [0.2, 0.25) is 10.0 Å². The van der Waals surface area contributed by atoms with Gasteiger partial charge in [0.25, 0.3) is 0 Å². The minimum Gasteiger partial charge on any atom is -0.375 e. The smallest absolute Gasteiger partial charge is 0.245 e. The lowest BCUT2D eigenvalue weighted by atomic mass is 10.2. The summed E-state index contributed by atoms with van der Waals surface area (Å²) in [5.74, 6) is 0.657. The molecule has 0 bridgehead atoms. The van der Waals surface area contributed by atoms with Gasteiger partial charge >= 0.3 is 0 Å². The number of sulfonamides is 1. The Kier molecular flexibility index (Phi) is 3.66. The molecule has 0 amide bonds. The summed E-state index contributed by atoms with van der Waals surface area (Å²) in [6.07, 6.45) is 4.33. The molecule has 0 radical (unpaired) electrons. The maximum absolute atomic E-state index is 12.7. The van der Waals surface area contributed by atoms with Crippen molar-refractivity contribution >= 4 is 15.8 Å². The number of aromatic nitrogens is 1. The van der Waals surface area contributed by atoms with E-state index < -0.39 is 10.0 Å². The molecule has 1 aromatic rings. The van der Waals surface area contributed by atoms with Crippen LogP contribution in [0.5, 0.6) is 0 Å². The molecule has 1 aromatic heterocycles. The first-order valence-corrected chi connectivity index (χ1v) is 8.34. The lowest BCUT2D eigenvalue weighted by Gasteiger charge is -2.36. The molecule has 1 saturated carbocycles. The van der Waals surface area contributed by atoms with Crippen LogP contribution in [0.4, 0.5) is 5.82 Å². The molecule has 20 heavy (non-hydrogen) atoms. The maximum Gasteiger partial charge on any atom is 0.245 e. The van der Waals surface area contributed by atoms with Crippen molar-refractivity contribution in [3.63, 3.8) is 0 Å². The van der Waals surface area contributed by atoms with E-state index in [1.165, 1.54) is 6.20 Å². The number of fused-ring (bicyclic) bond motifs is 1. The van der Waals surface area contributed by atoms with Crippen LogP contribution in [-0.2, 0) is 14.8 Å². The Balaban J connectivity index is 1.89. The Morgan fingerprint density at radius 2 is 2.25 bits per heavy atom. The SMILES string of the molecule is CNc1ccc(S(=O)(=O)N2CCOC3CCCC32)cn1. The summed E-state index contributed by atoms with van der Waals surface area (Å²) < 4.78 is 32.7. The number of nitrogens with one attached hydrogen (secondary N) is 1. The van der Waals surface area contributed by atoms with E-state index in [1.807, 2.05) is 0 Å². The molecule has 1 aliphatic carbocycles. The van der Waals surface area contributed by atoms with Gasteiger partial charge in [-0.05, 0) is 31.4 Å². The van der Waals surface area contributed by atoms with Crippen molar-refractivity contribution in [2.24, 2.45) is 0 Å². The first-order chi connectivity index (χ1) is 9.63. The van der Waals surface area contributed by atoms with Gasteiger partial charge in [-0.15, -0.1) is 0 Å². The minimum atomic E-state index is -3.48. The molecule has 2 aliphatic rings. The van der Waals surface area contributed by atoms with Crippen molar-refractivity contribution in [2.75, 3.05) is 25.5 Å². The van der Waals surface area contributed by atoms with E-state index in [1.54, 1.807) is 23.5 Å². The highest BCUT2D eigenvalue weighted by atomic mass is 32.2. The average molecular weight is 297 g/mol. The standard InChI is InChI=1S/C13H19N3O3S/c1-14-13-6-5-10(9-15-13)20(17,18)16-7-8-19-12-4-2-3-11(12)16/h5-6,9,11-12H,2-4,7-8H2,1H3,(H,14,15). The van der Waals surface area contributed by atoms with Gasteiger partial charge in [0.05, 0.1) is 18.8 Å². The molecule has 110 valence electrons. The molecule has 0 spiro atoms. The molecular formula is C13H19N3O3S. The van der Waals surface area contributed by atoms with Crippen LogP contribution >= 0.6 is 0 Å². The second kappa shape index (κ2) is 5.31. The van der Waals surface area contributed by atoms with Gasteiger partial charge < -0.3 is 10.1 Å². The second-order valence-electron chi connectivity index (χ2n) is 5.15. The number of anilines is 1. The zero-order valence-corrected chi connectivity index (χ0v) is 12.3. The van der Waals surface area contributed by atoms with Crippen LogP contribution in [-0.4, -0.2) is 50.1 Å². The first-order valence-electron chi connectivity index (χ1n) is 6.90. The van der Waals surface area contributed by atoms with Crippen LogP contribution in [0, 0.1) is 0 Å². The molecule has 2 heterocycles. The summed E-state index contributed by atoms with van der Waals surface area (Å²) in [4.78, 5) is 4.35. The number of ether oxygens (including phenoxy) is 1. The highest BCUT2D eigenvalue weighted by molar-refractivity contribution is 7.89. The van der Waals surface area contributed by atoms with Gasteiger partial charge in [-0.2, -0.15) is 4.31 Å². The number of morpholine rings is 1. The Morgan fingerprint density at radius 3 is 2.95 bits per heavy atom. The fraction of sp³-hybridized carbons (Fsp3) is 0.615. The Bertz CT molecular complexity index is 573. The van der Waals surface area contributed by atoms with E-state index in [4.69, 9.17) is 4.74 Å². The van der Waals surface area contributed by atoms with Gasteiger partial charge in [-0.1, -0.05) is 0 Å². The third-order valence-corrected chi connectivity index (χ3v) is 5.94. The summed E-state index contributed by atoms with van der Waals surface area (Å²) >= 11 is 0. The quantitative estimate of drug-likeness (QED) is 0.903. The normalized spacial score (nSPS) is 27.2. The Hall–Kier alpha value is -1.18. The summed E-state index contributed by atoms with van der Waals surface area (Å²) in [5, 5.41) is 2.88. The van der Waals surface area contributed by atoms with E-state index in [2.05, 4.69) is 10.3 Å². The molecule has 7 heteroatoms. The fourth-order valence-electron chi connectivity index (χ4n) is 3.00. The number of hydrogen-bond acceptors (Lipinski definition) is 5. The summed E-state index contributed by atoms with van der Waals surface area (Å²) in [7, 11) is -1.73. The molecule has 6 nitrogen and oxygen atoms in total. The minimum absolute atomic E-state index is 0.0160. The number of hydrogen-bond donors (Lipinski definition) is 1. The van der Waals surface area contributed by atoms with Crippen LogP contribution in [0.15, 0.2) is 23.2 Å². The molecule has 1 aliphatic heterocycles. The predicted molar refractivity (Wildman–Crippen MR) is 75.1 cm³/mol. The number of rotatable bonds is 3. The Morgan fingerprint density at radius 1 is 1.40 bits per heavy atom.